The van der Waals surface area contributed by atoms with E-state index in [-0.39, 0.29) is 12.7 Å². The fraction of sp³-hybridized carbons (Fsp3) is 0.500. The molecule has 1 atom stereocenters. The van der Waals surface area contributed by atoms with Crippen molar-refractivity contribution in [3.8, 4) is 0 Å². The highest BCUT2D eigenvalue weighted by molar-refractivity contribution is 5.16. The van der Waals surface area contributed by atoms with E-state index in [0.717, 1.165) is 19.2 Å². The van der Waals surface area contributed by atoms with Gasteiger partial charge in [0, 0.05) is 19.2 Å². The summed E-state index contributed by atoms with van der Waals surface area (Å²) in [6.07, 6.45) is 0.0159. The minimum Gasteiger partial charge on any atom is -0.374 e. The van der Waals surface area contributed by atoms with Crippen LogP contribution in [0.25, 0.3) is 0 Å². The molecule has 1 N–H and O–H groups in total. The van der Waals surface area contributed by atoms with Gasteiger partial charge in [0.1, 0.15) is 11.6 Å². The first-order chi connectivity index (χ1) is 8.24. The van der Waals surface area contributed by atoms with Gasteiger partial charge >= 0.3 is 0 Å². The molecule has 0 spiro atoms. The zero-order valence-corrected chi connectivity index (χ0v) is 9.42. The van der Waals surface area contributed by atoms with Crippen LogP contribution in [0.15, 0.2) is 18.2 Å². The molecular weight excluding hydrogens is 228 g/mol. The van der Waals surface area contributed by atoms with Gasteiger partial charge in [-0.05, 0) is 17.7 Å². The van der Waals surface area contributed by atoms with E-state index in [9.17, 15) is 8.78 Å². The minimum absolute atomic E-state index is 0.0159. The Hall–Kier alpha value is -1.04. The predicted molar refractivity (Wildman–Crippen MR) is 58.6 cm³/mol. The van der Waals surface area contributed by atoms with Crippen LogP contribution in [0.2, 0.25) is 0 Å². The van der Waals surface area contributed by atoms with Crippen LogP contribution in [0.3, 0.4) is 0 Å². The van der Waals surface area contributed by atoms with E-state index in [1.807, 2.05) is 0 Å². The quantitative estimate of drug-likeness (QED) is 0.868. The van der Waals surface area contributed by atoms with Crippen molar-refractivity contribution in [2.45, 2.75) is 12.7 Å². The van der Waals surface area contributed by atoms with Crippen LogP contribution in [0.1, 0.15) is 5.56 Å². The molecule has 3 nitrogen and oxygen atoms in total. The Labute approximate surface area is 98.7 Å². The van der Waals surface area contributed by atoms with Gasteiger partial charge in [-0.15, -0.1) is 0 Å². The molecule has 2 rings (SSSR count). The number of nitrogens with one attached hydrogen (secondary N) is 1. The molecule has 0 bridgehead atoms. The fourth-order valence-electron chi connectivity index (χ4n) is 1.73. The summed E-state index contributed by atoms with van der Waals surface area (Å²) in [5.74, 6) is -1.17. The fourth-order valence-corrected chi connectivity index (χ4v) is 1.73. The molecule has 5 heteroatoms. The maximum Gasteiger partial charge on any atom is 0.126 e. The van der Waals surface area contributed by atoms with E-state index < -0.39 is 11.6 Å². The molecule has 0 amide bonds. The second kappa shape index (κ2) is 6.05. The molecule has 1 fully saturated rings. The van der Waals surface area contributed by atoms with Crippen LogP contribution in [-0.4, -0.2) is 32.4 Å². The lowest BCUT2D eigenvalue weighted by Crippen LogP contribution is -2.40. The normalized spacial score (nSPS) is 20.5. The van der Waals surface area contributed by atoms with Crippen LogP contribution in [0.5, 0.6) is 0 Å². The summed E-state index contributed by atoms with van der Waals surface area (Å²) in [5, 5.41) is 3.18. The van der Waals surface area contributed by atoms with Crippen molar-refractivity contribution < 1.29 is 18.3 Å². The molecule has 94 valence electrons. The summed E-state index contributed by atoms with van der Waals surface area (Å²) in [6, 6.07) is 3.38. The monoisotopic (exact) mass is 243 g/mol. The third kappa shape index (κ3) is 4.03. The zero-order valence-electron chi connectivity index (χ0n) is 9.42. The second-order valence-electron chi connectivity index (χ2n) is 3.99. The summed E-state index contributed by atoms with van der Waals surface area (Å²) < 4.78 is 36.6. The average molecular weight is 243 g/mol. The van der Waals surface area contributed by atoms with Gasteiger partial charge in [0.2, 0.25) is 0 Å². The lowest BCUT2D eigenvalue weighted by Gasteiger charge is -2.23. The highest BCUT2D eigenvalue weighted by Gasteiger charge is 2.13. The van der Waals surface area contributed by atoms with Gasteiger partial charge in [0.15, 0.2) is 0 Å². The summed E-state index contributed by atoms with van der Waals surface area (Å²) in [5.41, 5.74) is 0.492. The van der Waals surface area contributed by atoms with Crippen LogP contribution in [0, 0.1) is 11.6 Å². The lowest BCUT2D eigenvalue weighted by molar-refractivity contribution is -0.0358. The zero-order chi connectivity index (χ0) is 12.1. The summed E-state index contributed by atoms with van der Waals surface area (Å²) >= 11 is 0. The van der Waals surface area contributed by atoms with Crippen molar-refractivity contribution in [3.63, 3.8) is 0 Å². The first-order valence-corrected chi connectivity index (χ1v) is 5.59. The Kier molecular flexibility index (Phi) is 4.42. The minimum atomic E-state index is -0.584. The van der Waals surface area contributed by atoms with Gasteiger partial charge in [-0.1, -0.05) is 0 Å². The Balaban J connectivity index is 1.77. The number of ether oxygens (including phenoxy) is 2. The number of hydrogen-bond donors (Lipinski definition) is 1. The van der Waals surface area contributed by atoms with Crippen LogP contribution in [0.4, 0.5) is 8.78 Å². The summed E-state index contributed by atoms with van der Waals surface area (Å²) in [6.45, 7) is 2.88. The smallest absolute Gasteiger partial charge is 0.126 e. The van der Waals surface area contributed by atoms with Crippen molar-refractivity contribution in [2.75, 3.05) is 26.3 Å². The van der Waals surface area contributed by atoms with Crippen molar-refractivity contribution in [1.82, 2.24) is 5.32 Å². The average Bonchev–Trinajstić information content (AvgIpc) is 2.29. The highest BCUT2D eigenvalue weighted by atomic mass is 19.1. The first-order valence-electron chi connectivity index (χ1n) is 5.59. The SMILES string of the molecule is Fc1cc(F)cc(COCC2CNCCO2)c1. The predicted octanol–water partition coefficient (Wildman–Crippen LogP) is 1.47. The van der Waals surface area contributed by atoms with Gasteiger partial charge in [-0.25, -0.2) is 8.78 Å². The largest absolute Gasteiger partial charge is 0.374 e. The van der Waals surface area contributed by atoms with E-state index in [2.05, 4.69) is 5.32 Å². The number of morpholine rings is 1. The molecule has 1 aliphatic rings. The topological polar surface area (TPSA) is 30.5 Å². The van der Waals surface area contributed by atoms with E-state index >= 15 is 0 Å². The van der Waals surface area contributed by atoms with Crippen molar-refractivity contribution >= 4 is 0 Å². The molecule has 0 radical (unpaired) electrons. The van der Waals surface area contributed by atoms with Crippen molar-refractivity contribution in [1.29, 1.82) is 0 Å². The summed E-state index contributed by atoms with van der Waals surface area (Å²) in [4.78, 5) is 0. The molecular formula is C12H15F2NO2. The van der Waals surface area contributed by atoms with Gasteiger partial charge in [-0.2, -0.15) is 0 Å². The van der Waals surface area contributed by atoms with E-state index in [1.54, 1.807) is 0 Å². The molecule has 1 aromatic rings. The second-order valence-corrected chi connectivity index (χ2v) is 3.99. The number of rotatable bonds is 4. The number of benzene rings is 1. The standard InChI is InChI=1S/C12H15F2NO2/c13-10-3-9(4-11(14)5-10)7-16-8-12-6-15-1-2-17-12/h3-5,12,15H,1-2,6-8H2. The number of halogens is 2. The molecule has 0 aliphatic carbocycles. The number of hydrogen-bond acceptors (Lipinski definition) is 3. The molecule has 1 aliphatic heterocycles. The molecule has 0 saturated carbocycles. The molecule has 1 aromatic carbocycles. The maximum absolute atomic E-state index is 12.9. The highest BCUT2D eigenvalue weighted by Crippen LogP contribution is 2.09. The van der Waals surface area contributed by atoms with Gasteiger partial charge < -0.3 is 14.8 Å². The Morgan fingerprint density at radius 3 is 2.71 bits per heavy atom. The third-order valence-corrected chi connectivity index (χ3v) is 2.50. The molecule has 0 aromatic heterocycles. The molecule has 17 heavy (non-hydrogen) atoms. The van der Waals surface area contributed by atoms with Crippen molar-refractivity contribution in [2.24, 2.45) is 0 Å². The summed E-state index contributed by atoms with van der Waals surface area (Å²) in [7, 11) is 0. The van der Waals surface area contributed by atoms with E-state index in [4.69, 9.17) is 9.47 Å². The lowest BCUT2D eigenvalue weighted by atomic mass is 10.2. The van der Waals surface area contributed by atoms with E-state index in [1.165, 1.54) is 12.1 Å². The van der Waals surface area contributed by atoms with Crippen LogP contribution in [-0.2, 0) is 16.1 Å². The van der Waals surface area contributed by atoms with Crippen molar-refractivity contribution in [3.05, 3.63) is 35.4 Å². The Bertz CT molecular complexity index is 347. The maximum atomic E-state index is 12.9. The van der Waals surface area contributed by atoms with Gasteiger partial charge in [0.25, 0.3) is 0 Å². The van der Waals surface area contributed by atoms with E-state index in [0.29, 0.717) is 18.8 Å². The molecule has 1 unspecified atom stereocenters. The Morgan fingerprint density at radius 1 is 1.29 bits per heavy atom. The third-order valence-electron chi connectivity index (χ3n) is 2.50. The van der Waals surface area contributed by atoms with Gasteiger partial charge in [-0.3, -0.25) is 0 Å². The molecule has 1 heterocycles. The molecule has 1 saturated heterocycles. The van der Waals surface area contributed by atoms with Crippen LogP contribution >= 0.6 is 0 Å². The van der Waals surface area contributed by atoms with Gasteiger partial charge in [0.05, 0.1) is 25.9 Å². The van der Waals surface area contributed by atoms with Crippen LogP contribution < -0.4 is 5.32 Å². The first kappa shape index (κ1) is 12.4. The Morgan fingerprint density at radius 2 is 2.06 bits per heavy atom.